The summed E-state index contributed by atoms with van der Waals surface area (Å²) in [5.41, 5.74) is 2.48. The first-order chi connectivity index (χ1) is 8.41. The van der Waals surface area contributed by atoms with Crippen LogP contribution in [0.15, 0.2) is 23.3 Å². The molecule has 0 unspecified atom stereocenters. The van der Waals surface area contributed by atoms with Crippen molar-refractivity contribution < 1.29 is 14.7 Å². The summed E-state index contributed by atoms with van der Waals surface area (Å²) in [6.07, 6.45) is 3.01. The Labute approximate surface area is 108 Å². The maximum atomic E-state index is 12.0. The Balaban J connectivity index is 2.30. The van der Waals surface area contributed by atoms with Crippen molar-refractivity contribution in [2.24, 2.45) is 17.8 Å². The lowest BCUT2D eigenvalue weighted by Crippen LogP contribution is -2.13. The van der Waals surface area contributed by atoms with Crippen molar-refractivity contribution in [3.8, 4) is 0 Å². The Bertz CT molecular complexity index is 445. The fourth-order valence-corrected chi connectivity index (χ4v) is 3.29. The fourth-order valence-electron chi connectivity index (χ4n) is 3.29. The van der Waals surface area contributed by atoms with Gasteiger partial charge in [0.2, 0.25) is 0 Å². The van der Waals surface area contributed by atoms with Crippen molar-refractivity contribution in [3.63, 3.8) is 0 Å². The van der Waals surface area contributed by atoms with E-state index in [1.54, 1.807) is 0 Å². The highest BCUT2D eigenvalue weighted by molar-refractivity contribution is 5.99. The molecule has 0 aromatic rings. The third-order valence-corrected chi connectivity index (χ3v) is 4.41. The van der Waals surface area contributed by atoms with Gasteiger partial charge in [0, 0.05) is 12.0 Å². The van der Waals surface area contributed by atoms with E-state index in [2.05, 4.69) is 20.4 Å². The molecule has 2 aliphatic rings. The van der Waals surface area contributed by atoms with E-state index in [4.69, 9.17) is 5.11 Å². The molecule has 0 heterocycles. The van der Waals surface area contributed by atoms with E-state index >= 15 is 0 Å². The van der Waals surface area contributed by atoms with Crippen LogP contribution < -0.4 is 0 Å². The van der Waals surface area contributed by atoms with Crippen LogP contribution in [-0.4, -0.2) is 16.9 Å². The second kappa shape index (κ2) is 4.71. The average molecular weight is 248 g/mol. The number of aliphatic carboxylic acids is 1. The number of carbonyl (C=O) groups excluding carboxylic acids is 1. The Morgan fingerprint density at radius 3 is 2.50 bits per heavy atom. The van der Waals surface area contributed by atoms with Gasteiger partial charge in [0.05, 0.1) is 0 Å². The van der Waals surface area contributed by atoms with Crippen LogP contribution in [0.3, 0.4) is 0 Å². The first-order valence-corrected chi connectivity index (χ1v) is 6.60. The van der Waals surface area contributed by atoms with Gasteiger partial charge in [-0.05, 0) is 42.6 Å². The number of carboxylic acids is 1. The van der Waals surface area contributed by atoms with Gasteiger partial charge < -0.3 is 5.11 Å². The summed E-state index contributed by atoms with van der Waals surface area (Å²) in [6.45, 7) is 7.84. The molecule has 18 heavy (non-hydrogen) atoms. The minimum Gasteiger partial charge on any atom is -0.478 e. The molecule has 0 radical (unpaired) electrons. The van der Waals surface area contributed by atoms with Crippen LogP contribution in [0.1, 0.15) is 39.5 Å². The van der Waals surface area contributed by atoms with E-state index in [9.17, 15) is 9.59 Å². The molecule has 3 nitrogen and oxygen atoms in total. The van der Waals surface area contributed by atoms with Crippen LogP contribution in [-0.2, 0) is 9.59 Å². The quantitative estimate of drug-likeness (QED) is 0.764. The molecule has 0 fully saturated rings. The normalized spacial score (nSPS) is 32.1. The summed E-state index contributed by atoms with van der Waals surface area (Å²) in [4.78, 5) is 23.0. The second-order valence-corrected chi connectivity index (χ2v) is 5.68. The van der Waals surface area contributed by atoms with Gasteiger partial charge in [0.25, 0.3) is 0 Å². The SMILES string of the molecule is C=C(C(=O)O)[C@H]1CC[C@H](C)C2=C(C1)[C@@H](C)CC2=O. The van der Waals surface area contributed by atoms with Crippen molar-refractivity contribution >= 4 is 11.8 Å². The smallest absolute Gasteiger partial charge is 0.331 e. The molecule has 0 spiro atoms. The van der Waals surface area contributed by atoms with E-state index in [0.717, 1.165) is 18.4 Å². The molecule has 3 heteroatoms. The number of allylic oxidation sites excluding steroid dienone is 2. The molecular formula is C15H20O3. The molecule has 0 saturated carbocycles. The van der Waals surface area contributed by atoms with E-state index in [-0.39, 0.29) is 23.5 Å². The zero-order chi connectivity index (χ0) is 13.4. The summed E-state index contributed by atoms with van der Waals surface area (Å²) in [5.74, 6) is -0.104. The van der Waals surface area contributed by atoms with E-state index < -0.39 is 5.97 Å². The fraction of sp³-hybridized carbons (Fsp3) is 0.600. The highest BCUT2D eigenvalue weighted by Crippen LogP contribution is 2.43. The number of carboxylic acid groups (broad SMARTS) is 1. The summed E-state index contributed by atoms with van der Waals surface area (Å²) in [7, 11) is 0. The Morgan fingerprint density at radius 1 is 1.22 bits per heavy atom. The summed E-state index contributed by atoms with van der Waals surface area (Å²) in [6, 6.07) is 0. The predicted octanol–water partition coefficient (Wildman–Crippen LogP) is 2.97. The van der Waals surface area contributed by atoms with Gasteiger partial charge in [-0.25, -0.2) is 4.79 Å². The molecule has 1 N–H and O–H groups in total. The minimum atomic E-state index is -0.909. The van der Waals surface area contributed by atoms with Crippen LogP contribution >= 0.6 is 0 Å². The molecule has 0 aromatic heterocycles. The summed E-state index contributed by atoms with van der Waals surface area (Å²) in [5, 5.41) is 9.07. The summed E-state index contributed by atoms with van der Waals surface area (Å²) < 4.78 is 0. The second-order valence-electron chi connectivity index (χ2n) is 5.68. The molecule has 0 aliphatic heterocycles. The molecular weight excluding hydrogens is 228 g/mol. The number of hydrogen-bond acceptors (Lipinski definition) is 2. The number of rotatable bonds is 2. The van der Waals surface area contributed by atoms with Crippen molar-refractivity contribution in [3.05, 3.63) is 23.3 Å². The van der Waals surface area contributed by atoms with Gasteiger partial charge in [0.1, 0.15) is 0 Å². The zero-order valence-corrected chi connectivity index (χ0v) is 11.0. The van der Waals surface area contributed by atoms with Crippen LogP contribution in [0.2, 0.25) is 0 Å². The Morgan fingerprint density at radius 2 is 1.89 bits per heavy atom. The molecule has 0 aromatic carbocycles. The molecule has 2 aliphatic carbocycles. The van der Waals surface area contributed by atoms with Crippen LogP contribution in [0.5, 0.6) is 0 Å². The van der Waals surface area contributed by atoms with Crippen LogP contribution in [0, 0.1) is 17.8 Å². The standard InChI is InChI=1S/C15H20O3/c1-8-4-5-11(10(3)15(17)18)7-12-9(2)6-13(16)14(8)12/h8-9,11H,3-7H2,1-2H3,(H,17,18)/t8-,9-,11-/m0/s1. The monoisotopic (exact) mass is 248 g/mol. The highest BCUT2D eigenvalue weighted by atomic mass is 16.4. The molecule has 0 bridgehead atoms. The maximum Gasteiger partial charge on any atom is 0.331 e. The Hall–Kier alpha value is -1.38. The minimum absolute atomic E-state index is 0.00852. The van der Waals surface area contributed by atoms with Crippen molar-refractivity contribution in [1.29, 1.82) is 0 Å². The Kier molecular flexibility index (Phi) is 3.42. The van der Waals surface area contributed by atoms with Gasteiger partial charge in [0.15, 0.2) is 5.78 Å². The van der Waals surface area contributed by atoms with Crippen molar-refractivity contribution in [1.82, 2.24) is 0 Å². The first kappa shape index (κ1) is 13.1. The lowest BCUT2D eigenvalue weighted by atomic mass is 9.87. The van der Waals surface area contributed by atoms with Gasteiger partial charge in [-0.3, -0.25) is 4.79 Å². The number of Topliss-reactive ketones (excluding diaryl/α,β-unsaturated/α-hetero) is 1. The van der Waals surface area contributed by atoms with E-state index in [1.807, 2.05) is 0 Å². The number of ketones is 1. The first-order valence-electron chi connectivity index (χ1n) is 6.60. The van der Waals surface area contributed by atoms with Gasteiger partial charge in [-0.15, -0.1) is 0 Å². The van der Waals surface area contributed by atoms with Crippen LogP contribution in [0.25, 0.3) is 0 Å². The van der Waals surface area contributed by atoms with Gasteiger partial charge >= 0.3 is 5.97 Å². The van der Waals surface area contributed by atoms with E-state index in [1.165, 1.54) is 5.57 Å². The number of carbonyl (C=O) groups is 2. The topological polar surface area (TPSA) is 54.4 Å². The van der Waals surface area contributed by atoms with Crippen molar-refractivity contribution in [2.75, 3.05) is 0 Å². The molecule has 3 atom stereocenters. The third-order valence-electron chi connectivity index (χ3n) is 4.41. The van der Waals surface area contributed by atoms with E-state index in [0.29, 0.717) is 18.4 Å². The highest BCUT2D eigenvalue weighted by Gasteiger charge is 2.36. The van der Waals surface area contributed by atoms with Crippen molar-refractivity contribution in [2.45, 2.75) is 39.5 Å². The van der Waals surface area contributed by atoms with Gasteiger partial charge in [-0.1, -0.05) is 26.0 Å². The molecule has 2 rings (SSSR count). The average Bonchev–Trinajstić information content (AvgIpc) is 2.48. The number of hydrogen-bond donors (Lipinski definition) is 1. The summed E-state index contributed by atoms with van der Waals surface area (Å²) >= 11 is 0. The third kappa shape index (κ3) is 2.14. The van der Waals surface area contributed by atoms with Gasteiger partial charge in [-0.2, -0.15) is 0 Å². The zero-order valence-electron chi connectivity index (χ0n) is 11.0. The molecule has 0 amide bonds. The molecule has 98 valence electrons. The lowest BCUT2D eigenvalue weighted by Gasteiger charge is -2.17. The maximum absolute atomic E-state index is 12.0. The molecule has 0 saturated heterocycles. The van der Waals surface area contributed by atoms with Crippen LogP contribution in [0.4, 0.5) is 0 Å². The predicted molar refractivity (Wildman–Crippen MR) is 69.1 cm³/mol. The lowest BCUT2D eigenvalue weighted by molar-refractivity contribution is -0.133. The largest absolute Gasteiger partial charge is 0.478 e.